The van der Waals surface area contributed by atoms with Crippen LogP contribution in [0.2, 0.25) is 0 Å². The summed E-state index contributed by atoms with van der Waals surface area (Å²) in [6, 6.07) is 8.34. The molecule has 0 aromatic heterocycles. The zero-order chi connectivity index (χ0) is 21.2. The van der Waals surface area contributed by atoms with E-state index >= 15 is 0 Å². The largest absolute Gasteiger partial charge is 0.354 e. The maximum absolute atomic E-state index is 13.1. The first kappa shape index (κ1) is 23.2. The van der Waals surface area contributed by atoms with Crippen molar-refractivity contribution >= 4 is 5.91 Å². The summed E-state index contributed by atoms with van der Waals surface area (Å²) in [7, 11) is 0. The minimum atomic E-state index is -0.263. The first-order chi connectivity index (χ1) is 14.6. The van der Waals surface area contributed by atoms with Crippen LogP contribution in [0.15, 0.2) is 24.3 Å². The Bertz CT molecular complexity index is 619. The lowest BCUT2D eigenvalue weighted by Gasteiger charge is -2.25. The maximum Gasteiger partial charge on any atom is 0.241 e. The summed E-state index contributed by atoms with van der Waals surface area (Å²) in [6.45, 7) is 10.6. The lowest BCUT2D eigenvalue weighted by molar-refractivity contribution is -0.123. The number of nitrogens with one attached hydrogen (secondary N) is 4. The number of amides is 1. The molecule has 3 rings (SSSR count). The van der Waals surface area contributed by atoms with E-state index in [0.717, 1.165) is 69.5 Å². The van der Waals surface area contributed by atoms with E-state index in [0.29, 0.717) is 5.92 Å². The van der Waals surface area contributed by atoms with Crippen molar-refractivity contribution in [3.63, 3.8) is 0 Å². The van der Waals surface area contributed by atoms with E-state index in [1.807, 2.05) is 0 Å². The van der Waals surface area contributed by atoms with Crippen molar-refractivity contribution in [3.8, 4) is 0 Å². The molecule has 2 heterocycles. The van der Waals surface area contributed by atoms with Gasteiger partial charge in [-0.1, -0.05) is 38.1 Å². The zero-order valence-electron chi connectivity index (χ0n) is 19.0. The summed E-state index contributed by atoms with van der Waals surface area (Å²) in [5.41, 5.74) is 2.39. The molecule has 30 heavy (non-hydrogen) atoms. The molecule has 1 unspecified atom stereocenters. The van der Waals surface area contributed by atoms with Gasteiger partial charge in [0.1, 0.15) is 6.04 Å². The number of hydrogen-bond donors (Lipinski definition) is 4. The second kappa shape index (κ2) is 12.4. The summed E-state index contributed by atoms with van der Waals surface area (Å²) >= 11 is 0. The zero-order valence-corrected chi connectivity index (χ0v) is 19.0. The third kappa shape index (κ3) is 7.36. The number of rotatable bonds is 10. The van der Waals surface area contributed by atoms with E-state index < -0.39 is 0 Å². The van der Waals surface area contributed by atoms with Gasteiger partial charge in [-0.3, -0.25) is 4.79 Å². The summed E-state index contributed by atoms with van der Waals surface area (Å²) in [6.07, 6.45) is 7.18. The minimum Gasteiger partial charge on any atom is -0.354 e. The Morgan fingerprint density at radius 1 is 0.867 bits per heavy atom. The second-order valence-electron chi connectivity index (χ2n) is 9.46. The molecule has 1 aromatic rings. The van der Waals surface area contributed by atoms with Gasteiger partial charge in [-0.15, -0.1) is 0 Å². The number of carbonyl (C=O) groups is 1. The summed E-state index contributed by atoms with van der Waals surface area (Å²) in [5, 5.41) is 13.6. The quantitative estimate of drug-likeness (QED) is 0.474. The third-order valence-corrected chi connectivity index (χ3v) is 6.87. The Labute approximate surface area is 183 Å². The summed E-state index contributed by atoms with van der Waals surface area (Å²) in [5.74, 6) is 2.13. The number of benzene rings is 1. The lowest BCUT2D eigenvalue weighted by atomic mass is 9.94. The highest BCUT2D eigenvalue weighted by molar-refractivity contribution is 5.83. The van der Waals surface area contributed by atoms with Gasteiger partial charge in [0.05, 0.1) is 0 Å². The molecular formula is C25H42N4O. The van der Waals surface area contributed by atoms with Gasteiger partial charge in [-0.05, 0) is 100 Å². The van der Waals surface area contributed by atoms with Crippen LogP contribution in [-0.4, -0.2) is 45.2 Å². The first-order valence-electron chi connectivity index (χ1n) is 12.2. The molecule has 1 aromatic carbocycles. The van der Waals surface area contributed by atoms with Gasteiger partial charge in [-0.2, -0.15) is 0 Å². The number of piperidine rings is 2. The van der Waals surface area contributed by atoms with Crippen molar-refractivity contribution in [2.24, 2.45) is 11.8 Å². The fourth-order valence-corrected chi connectivity index (χ4v) is 4.71. The van der Waals surface area contributed by atoms with Gasteiger partial charge < -0.3 is 21.3 Å². The molecule has 0 aliphatic carbocycles. The molecular weight excluding hydrogens is 372 g/mol. The van der Waals surface area contributed by atoms with Crippen molar-refractivity contribution in [2.75, 3.05) is 39.3 Å². The lowest BCUT2D eigenvalue weighted by Crippen LogP contribution is -2.40. The first-order valence-corrected chi connectivity index (χ1v) is 12.2. The molecule has 0 radical (unpaired) electrons. The van der Waals surface area contributed by atoms with Gasteiger partial charge in [0, 0.05) is 6.54 Å². The minimum absolute atomic E-state index is 0.117. The normalized spacial score (nSPS) is 19.7. The molecule has 1 atom stereocenters. The molecule has 0 spiro atoms. The smallest absolute Gasteiger partial charge is 0.241 e. The SMILES string of the molecule is CC(C)c1ccc(C(NCCC2CCNCC2)C(=O)NCCC2CCNCC2)cc1. The van der Waals surface area contributed by atoms with E-state index in [4.69, 9.17) is 0 Å². The Morgan fingerprint density at radius 3 is 1.90 bits per heavy atom. The third-order valence-electron chi connectivity index (χ3n) is 6.87. The maximum atomic E-state index is 13.1. The second-order valence-corrected chi connectivity index (χ2v) is 9.46. The van der Waals surface area contributed by atoms with Gasteiger partial charge >= 0.3 is 0 Å². The van der Waals surface area contributed by atoms with Crippen molar-refractivity contribution in [3.05, 3.63) is 35.4 Å². The van der Waals surface area contributed by atoms with Gasteiger partial charge in [-0.25, -0.2) is 0 Å². The topological polar surface area (TPSA) is 65.2 Å². The van der Waals surface area contributed by atoms with Crippen LogP contribution in [-0.2, 0) is 4.79 Å². The van der Waals surface area contributed by atoms with Crippen LogP contribution in [0, 0.1) is 11.8 Å². The highest BCUT2D eigenvalue weighted by atomic mass is 16.2. The predicted octanol–water partition coefficient (Wildman–Crippen LogP) is 3.34. The standard InChI is InChI=1S/C25H42N4O/c1-19(2)22-3-5-23(6-4-22)24(28-17-11-20-7-13-26-14-8-20)25(30)29-18-12-21-9-15-27-16-10-21/h3-6,19-21,24,26-28H,7-18H2,1-2H3,(H,29,30). The monoisotopic (exact) mass is 414 g/mol. The molecule has 2 aliphatic rings. The Morgan fingerprint density at radius 2 is 1.37 bits per heavy atom. The van der Waals surface area contributed by atoms with E-state index in [1.165, 1.54) is 31.2 Å². The molecule has 2 saturated heterocycles. The average Bonchev–Trinajstić information content (AvgIpc) is 2.78. The van der Waals surface area contributed by atoms with E-state index in [-0.39, 0.29) is 11.9 Å². The van der Waals surface area contributed by atoms with Crippen LogP contribution in [0.5, 0.6) is 0 Å². The molecule has 2 aliphatic heterocycles. The Hall–Kier alpha value is -1.43. The van der Waals surface area contributed by atoms with Crippen LogP contribution in [0.1, 0.15) is 75.5 Å². The van der Waals surface area contributed by atoms with Crippen LogP contribution >= 0.6 is 0 Å². The Kier molecular flexibility index (Phi) is 9.63. The molecule has 168 valence electrons. The number of carbonyl (C=O) groups excluding carboxylic acids is 1. The molecule has 0 bridgehead atoms. The van der Waals surface area contributed by atoms with Crippen molar-refractivity contribution in [2.45, 2.75) is 64.3 Å². The van der Waals surface area contributed by atoms with Crippen LogP contribution in [0.25, 0.3) is 0 Å². The summed E-state index contributed by atoms with van der Waals surface area (Å²) < 4.78 is 0. The van der Waals surface area contributed by atoms with Crippen molar-refractivity contribution in [1.82, 2.24) is 21.3 Å². The highest BCUT2D eigenvalue weighted by Crippen LogP contribution is 2.21. The van der Waals surface area contributed by atoms with Crippen molar-refractivity contribution < 1.29 is 4.79 Å². The molecule has 2 fully saturated rings. The Balaban J connectivity index is 1.54. The molecule has 1 amide bonds. The average molecular weight is 415 g/mol. The summed E-state index contributed by atoms with van der Waals surface area (Å²) in [4.78, 5) is 13.1. The van der Waals surface area contributed by atoms with E-state index in [1.54, 1.807) is 0 Å². The van der Waals surface area contributed by atoms with Crippen LogP contribution < -0.4 is 21.3 Å². The van der Waals surface area contributed by atoms with Crippen molar-refractivity contribution in [1.29, 1.82) is 0 Å². The molecule has 0 saturated carbocycles. The highest BCUT2D eigenvalue weighted by Gasteiger charge is 2.22. The predicted molar refractivity (Wildman–Crippen MR) is 125 cm³/mol. The van der Waals surface area contributed by atoms with E-state index in [2.05, 4.69) is 59.4 Å². The fourth-order valence-electron chi connectivity index (χ4n) is 4.71. The van der Waals surface area contributed by atoms with Crippen LogP contribution in [0.3, 0.4) is 0 Å². The van der Waals surface area contributed by atoms with Gasteiger partial charge in [0.15, 0.2) is 0 Å². The number of hydrogen-bond acceptors (Lipinski definition) is 4. The van der Waals surface area contributed by atoms with Crippen LogP contribution in [0.4, 0.5) is 0 Å². The molecule has 5 nitrogen and oxygen atoms in total. The van der Waals surface area contributed by atoms with Gasteiger partial charge in [0.25, 0.3) is 0 Å². The van der Waals surface area contributed by atoms with Gasteiger partial charge in [0.2, 0.25) is 5.91 Å². The fraction of sp³-hybridized carbons (Fsp3) is 0.720. The van der Waals surface area contributed by atoms with E-state index in [9.17, 15) is 4.79 Å². The molecule has 4 N–H and O–H groups in total. The molecule has 5 heteroatoms.